The van der Waals surface area contributed by atoms with Gasteiger partial charge < -0.3 is 0 Å². The maximum absolute atomic E-state index is 5.96. The fourth-order valence-corrected chi connectivity index (χ4v) is 2.40. The van der Waals surface area contributed by atoms with E-state index in [2.05, 4.69) is 21.8 Å². The molecule has 0 saturated carbocycles. The van der Waals surface area contributed by atoms with Crippen LogP contribution >= 0.6 is 23.2 Å². The van der Waals surface area contributed by atoms with Crippen LogP contribution in [0.15, 0.2) is 30.3 Å². The number of aromatic nitrogens is 2. The van der Waals surface area contributed by atoms with Gasteiger partial charge in [0, 0.05) is 16.8 Å². The van der Waals surface area contributed by atoms with Crippen LogP contribution in [0.4, 0.5) is 0 Å². The van der Waals surface area contributed by atoms with Crippen molar-refractivity contribution in [1.29, 1.82) is 0 Å². The van der Waals surface area contributed by atoms with E-state index in [4.69, 9.17) is 23.2 Å². The minimum Gasteiger partial charge on any atom is -0.292 e. The Hall–Kier alpha value is -1.16. The zero-order valence-corrected chi connectivity index (χ0v) is 13.3. The fourth-order valence-electron chi connectivity index (χ4n) is 2.02. The molecular formula is C15H17Cl2N3. The first kappa shape index (κ1) is 15.2. The highest BCUT2D eigenvalue weighted by Crippen LogP contribution is 2.22. The number of benzene rings is 1. The summed E-state index contributed by atoms with van der Waals surface area (Å²) in [6, 6.07) is 9.88. The molecule has 2 rings (SSSR count). The normalized spacial score (nSPS) is 12.7. The van der Waals surface area contributed by atoms with Crippen molar-refractivity contribution in [3.8, 4) is 0 Å². The lowest BCUT2D eigenvalue weighted by atomic mass is 10.1. The second kappa shape index (κ2) is 6.53. The first-order chi connectivity index (χ1) is 9.45. The molecular weight excluding hydrogens is 293 g/mol. The summed E-state index contributed by atoms with van der Waals surface area (Å²) in [7, 11) is 2.04. The van der Waals surface area contributed by atoms with Crippen LogP contribution in [0.1, 0.15) is 30.0 Å². The molecule has 1 heterocycles. The summed E-state index contributed by atoms with van der Waals surface area (Å²) in [5.74, 6) is 0.735. The maximum Gasteiger partial charge on any atom is 0.144 e. The average Bonchev–Trinajstić information content (AvgIpc) is 2.37. The predicted octanol–water partition coefficient (Wildman–Crippen LogP) is 4.28. The SMILES string of the molecule is Cc1cc(Cl)nc(CN(C)C(C)c2ccc(Cl)cc2)n1. The van der Waals surface area contributed by atoms with Gasteiger partial charge in [-0.05, 0) is 44.7 Å². The second-order valence-electron chi connectivity index (χ2n) is 4.89. The van der Waals surface area contributed by atoms with Crippen molar-refractivity contribution in [3.63, 3.8) is 0 Å². The van der Waals surface area contributed by atoms with E-state index in [-0.39, 0.29) is 6.04 Å². The summed E-state index contributed by atoms with van der Waals surface area (Å²) < 4.78 is 0. The molecule has 20 heavy (non-hydrogen) atoms. The Morgan fingerprint density at radius 3 is 2.40 bits per heavy atom. The lowest BCUT2D eigenvalue weighted by Crippen LogP contribution is -2.23. The molecule has 0 radical (unpaired) electrons. The van der Waals surface area contributed by atoms with Crippen LogP contribution < -0.4 is 0 Å². The zero-order chi connectivity index (χ0) is 14.7. The summed E-state index contributed by atoms with van der Waals surface area (Å²) in [4.78, 5) is 10.8. The zero-order valence-electron chi connectivity index (χ0n) is 11.8. The number of hydrogen-bond acceptors (Lipinski definition) is 3. The fraction of sp³-hybridized carbons (Fsp3) is 0.333. The lowest BCUT2D eigenvalue weighted by molar-refractivity contribution is 0.246. The van der Waals surface area contributed by atoms with Crippen molar-refractivity contribution < 1.29 is 0 Å². The summed E-state index contributed by atoms with van der Waals surface area (Å²) in [5.41, 5.74) is 2.09. The number of aryl methyl sites for hydroxylation is 1. The van der Waals surface area contributed by atoms with Crippen molar-refractivity contribution in [2.45, 2.75) is 26.4 Å². The Balaban J connectivity index is 2.10. The standard InChI is InChI=1S/C15H17Cl2N3/c1-10-8-14(17)19-15(18-10)9-20(3)11(2)12-4-6-13(16)7-5-12/h4-8,11H,9H2,1-3H3. The third-order valence-corrected chi connectivity index (χ3v) is 3.72. The highest BCUT2D eigenvalue weighted by atomic mass is 35.5. The lowest BCUT2D eigenvalue weighted by Gasteiger charge is -2.24. The first-order valence-electron chi connectivity index (χ1n) is 6.41. The van der Waals surface area contributed by atoms with Crippen molar-refractivity contribution in [3.05, 3.63) is 57.6 Å². The van der Waals surface area contributed by atoms with E-state index < -0.39 is 0 Å². The molecule has 106 valence electrons. The third-order valence-electron chi connectivity index (χ3n) is 3.27. The summed E-state index contributed by atoms with van der Waals surface area (Å²) in [6.07, 6.45) is 0. The smallest absolute Gasteiger partial charge is 0.144 e. The van der Waals surface area contributed by atoms with Crippen LogP contribution in [0.5, 0.6) is 0 Å². The van der Waals surface area contributed by atoms with Crippen LogP contribution in [0.25, 0.3) is 0 Å². The van der Waals surface area contributed by atoms with Crippen molar-refractivity contribution in [2.75, 3.05) is 7.05 Å². The summed E-state index contributed by atoms with van der Waals surface area (Å²) in [6.45, 7) is 4.70. The number of nitrogens with zero attached hydrogens (tertiary/aromatic N) is 3. The van der Waals surface area contributed by atoms with Gasteiger partial charge in [0.15, 0.2) is 0 Å². The Kier molecular flexibility index (Phi) is 4.97. The second-order valence-corrected chi connectivity index (χ2v) is 5.71. The van der Waals surface area contributed by atoms with Crippen LogP contribution in [0.3, 0.4) is 0 Å². The molecule has 2 aromatic rings. The molecule has 0 aliphatic rings. The molecule has 0 N–H and O–H groups in total. The highest BCUT2D eigenvalue weighted by molar-refractivity contribution is 6.30. The summed E-state index contributed by atoms with van der Waals surface area (Å²) >= 11 is 11.9. The maximum atomic E-state index is 5.96. The Morgan fingerprint density at radius 2 is 1.80 bits per heavy atom. The quantitative estimate of drug-likeness (QED) is 0.789. The molecule has 3 nitrogen and oxygen atoms in total. The van der Waals surface area contributed by atoms with Crippen LogP contribution in [0.2, 0.25) is 10.2 Å². The molecule has 0 saturated heterocycles. The molecule has 0 aliphatic carbocycles. The van der Waals surface area contributed by atoms with Gasteiger partial charge in [0.1, 0.15) is 11.0 Å². The molecule has 1 aromatic heterocycles. The molecule has 0 bridgehead atoms. The van der Waals surface area contributed by atoms with Crippen LogP contribution in [0, 0.1) is 6.92 Å². The molecule has 1 unspecified atom stereocenters. The number of hydrogen-bond donors (Lipinski definition) is 0. The van der Waals surface area contributed by atoms with Gasteiger partial charge in [-0.25, -0.2) is 9.97 Å². The van der Waals surface area contributed by atoms with Gasteiger partial charge in [0.25, 0.3) is 0 Å². The average molecular weight is 310 g/mol. The van der Waals surface area contributed by atoms with E-state index >= 15 is 0 Å². The summed E-state index contributed by atoms with van der Waals surface area (Å²) in [5, 5.41) is 1.23. The predicted molar refractivity (Wildman–Crippen MR) is 83.1 cm³/mol. The minimum absolute atomic E-state index is 0.246. The largest absolute Gasteiger partial charge is 0.292 e. The van der Waals surface area contributed by atoms with Gasteiger partial charge in [0.05, 0.1) is 6.54 Å². The molecule has 1 aromatic carbocycles. The molecule has 0 aliphatic heterocycles. The monoisotopic (exact) mass is 309 g/mol. The van der Waals surface area contributed by atoms with Crippen molar-refractivity contribution >= 4 is 23.2 Å². The van der Waals surface area contributed by atoms with Gasteiger partial charge in [-0.3, -0.25) is 4.90 Å². The van der Waals surface area contributed by atoms with Crippen molar-refractivity contribution in [2.24, 2.45) is 0 Å². The number of halogens is 2. The molecule has 0 amide bonds. The Morgan fingerprint density at radius 1 is 1.15 bits per heavy atom. The first-order valence-corrected chi connectivity index (χ1v) is 7.17. The van der Waals surface area contributed by atoms with E-state index in [9.17, 15) is 0 Å². The van der Waals surface area contributed by atoms with Gasteiger partial charge >= 0.3 is 0 Å². The van der Waals surface area contributed by atoms with Crippen LogP contribution in [-0.2, 0) is 6.54 Å². The molecule has 0 fully saturated rings. The number of rotatable bonds is 4. The van der Waals surface area contributed by atoms with Crippen LogP contribution in [-0.4, -0.2) is 21.9 Å². The third kappa shape index (κ3) is 3.92. The van der Waals surface area contributed by atoms with Gasteiger partial charge in [-0.2, -0.15) is 0 Å². The van der Waals surface area contributed by atoms with E-state index in [0.717, 1.165) is 16.5 Å². The molecule has 5 heteroatoms. The van der Waals surface area contributed by atoms with Crippen molar-refractivity contribution in [1.82, 2.24) is 14.9 Å². The molecule has 1 atom stereocenters. The van der Waals surface area contributed by atoms with Gasteiger partial charge in [-0.1, -0.05) is 35.3 Å². The minimum atomic E-state index is 0.246. The Labute approximate surface area is 129 Å². The van der Waals surface area contributed by atoms with Gasteiger partial charge in [0.2, 0.25) is 0 Å². The van der Waals surface area contributed by atoms with Gasteiger partial charge in [-0.15, -0.1) is 0 Å². The highest BCUT2D eigenvalue weighted by Gasteiger charge is 2.13. The van der Waals surface area contributed by atoms with E-state index in [1.165, 1.54) is 5.56 Å². The topological polar surface area (TPSA) is 29.0 Å². The molecule has 0 spiro atoms. The van der Waals surface area contributed by atoms with E-state index in [0.29, 0.717) is 11.7 Å². The van der Waals surface area contributed by atoms with E-state index in [1.807, 2.05) is 38.2 Å². The Bertz CT molecular complexity index is 564. The van der Waals surface area contributed by atoms with E-state index in [1.54, 1.807) is 6.07 Å².